The Hall–Kier alpha value is -3.17. The van der Waals surface area contributed by atoms with Crippen LogP contribution < -0.4 is 24.4 Å². The van der Waals surface area contributed by atoms with E-state index in [0.29, 0.717) is 44.1 Å². The van der Waals surface area contributed by atoms with Gasteiger partial charge in [0, 0.05) is 10.4 Å². The summed E-state index contributed by atoms with van der Waals surface area (Å²) in [5.41, 5.74) is 1.40. The first kappa shape index (κ1) is 24.0. The fourth-order valence-corrected chi connectivity index (χ4v) is 5.71. The normalized spacial score (nSPS) is 15.6. The second kappa shape index (κ2) is 10.4. The van der Waals surface area contributed by atoms with Crippen molar-refractivity contribution >= 4 is 34.7 Å². The molecule has 4 rings (SSSR count). The quantitative estimate of drug-likeness (QED) is 0.443. The molecule has 1 aliphatic rings. The molecule has 9 heteroatoms. The maximum atomic E-state index is 13.7. The van der Waals surface area contributed by atoms with Crippen LogP contribution in [-0.4, -0.2) is 31.4 Å². The van der Waals surface area contributed by atoms with Crippen molar-refractivity contribution in [2.24, 2.45) is 4.99 Å². The van der Waals surface area contributed by atoms with Crippen molar-refractivity contribution in [3.8, 4) is 11.5 Å². The lowest BCUT2D eigenvalue weighted by Gasteiger charge is -2.27. The molecule has 1 aliphatic heterocycles. The van der Waals surface area contributed by atoms with Crippen molar-refractivity contribution < 1.29 is 19.0 Å². The minimum atomic E-state index is -0.757. The van der Waals surface area contributed by atoms with E-state index >= 15 is 0 Å². The van der Waals surface area contributed by atoms with Gasteiger partial charge in [-0.3, -0.25) is 9.36 Å². The molecule has 0 saturated carbocycles. The maximum absolute atomic E-state index is 13.7. The van der Waals surface area contributed by atoms with E-state index in [9.17, 15) is 9.59 Å². The summed E-state index contributed by atoms with van der Waals surface area (Å²) in [5.74, 6) is 0.643. The summed E-state index contributed by atoms with van der Waals surface area (Å²) in [6.45, 7) is 4.00. The third-order valence-electron chi connectivity index (χ3n) is 5.44. The van der Waals surface area contributed by atoms with Crippen molar-refractivity contribution in [2.75, 3.05) is 20.8 Å². The van der Waals surface area contributed by atoms with Crippen LogP contribution in [0.2, 0.25) is 0 Å². The monoisotopic (exact) mass is 498 g/mol. The SMILES string of the molecule is CCCC1=C(C(=O)OCC)[C@@H](c2cc(OC)ccc2OC)n2c(s/c(=C\c3cccs3)c2=O)=N1. The first-order valence-corrected chi connectivity index (χ1v) is 12.7. The molecule has 178 valence electrons. The fraction of sp³-hybridized carbons (Fsp3) is 0.320. The van der Waals surface area contributed by atoms with Gasteiger partial charge in [-0.15, -0.1) is 11.3 Å². The minimum Gasteiger partial charge on any atom is -0.497 e. The fourth-order valence-electron chi connectivity index (χ4n) is 3.97. The molecule has 0 amide bonds. The second-order valence-electron chi connectivity index (χ2n) is 7.54. The van der Waals surface area contributed by atoms with E-state index in [4.69, 9.17) is 19.2 Å². The number of esters is 1. The zero-order valence-corrected chi connectivity index (χ0v) is 21.1. The van der Waals surface area contributed by atoms with Crippen molar-refractivity contribution in [1.29, 1.82) is 0 Å². The topological polar surface area (TPSA) is 79.1 Å². The van der Waals surface area contributed by atoms with Crippen molar-refractivity contribution in [2.45, 2.75) is 32.7 Å². The molecule has 0 saturated heterocycles. The Balaban J connectivity index is 2.07. The van der Waals surface area contributed by atoms with Crippen molar-refractivity contribution in [1.82, 2.24) is 4.57 Å². The molecule has 0 N–H and O–H groups in total. The number of ether oxygens (including phenoxy) is 3. The van der Waals surface area contributed by atoms with Gasteiger partial charge in [0.15, 0.2) is 4.80 Å². The number of rotatable bonds is 8. The summed E-state index contributed by atoms with van der Waals surface area (Å²) in [7, 11) is 3.13. The van der Waals surface area contributed by atoms with Crippen LogP contribution in [-0.2, 0) is 9.53 Å². The number of hydrogen-bond acceptors (Lipinski definition) is 8. The van der Waals surface area contributed by atoms with Crippen LogP contribution >= 0.6 is 22.7 Å². The number of fused-ring (bicyclic) bond motifs is 1. The van der Waals surface area contributed by atoms with E-state index in [1.165, 1.54) is 11.3 Å². The first-order valence-electron chi connectivity index (χ1n) is 11.0. The number of benzene rings is 1. The molecule has 7 nitrogen and oxygen atoms in total. The molecule has 0 radical (unpaired) electrons. The molecule has 34 heavy (non-hydrogen) atoms. The Morgan fingerprint density at radius 1 is 1.21 bits per heavy atom. The van der Waals surface area contributed by atoms with E-state index in [-0.39, 0.29) is 12.2 Å². The van der Waals surface area contributed by atoms with E-state index < -0.39 is 12.0 Å². The number of methoxy groups -OCH3 is 2. The van der Waals surface area contributed by atoms with Gasteiger partial charge in [-0.1, -0.05) is 30.7 Å². The second-order valence-corrected chi connectivity index (χ2v) is 9.53. The lowest BCUT2D eigenvalue weighted by molar-refractivity contribution is -0.139. The van der Waals surface area contributed by atoms with Crippen LogP contribution in [0.15, 0.2) is 56.8 Å². The molecule has 0 unspecified atom stereocenters. The molecular formula is C25H26N2O5S2. The van der Waals surface area contributed by atoms with Crippen LogP contribution in [0, 0.1) is 0 Å². The predicted molar refractivity (Wildman–Crippen MR) is 133 cm³/mol. The van der Waals surface area contributed by atoms with Crippen LogP contribution in [0.4, 0.5) is 0 Å². The third kappa shape index (κ3) is 4.45. The third-order valence-corrected chi connectivity index (χ3v) is 7.24. The summed E-state index contributed by atoms with van der Waals surface area (Å²) < 4.78 is 18.7. The number of hydrogen-bond donors (Lipinski definition) is 0. The molecule has 1 atom stereocenters. The first-order chi connectivity index (χ1) is 16.5. The Morgan fingerprint density at radius 2 is 2.03 bits per heavy atom. The Labute approximate surface area is 205 Å². The standard InChI is InChI=1S/C25H26N2O5S2/c1-5-8-18-21(24(29)32-6-2)22(17-13-15(30-3)10-11-19(17)31-4)27-23(28)20(34-25(27)26-18)14-16-9-7-12-33-16/h7,9-14,22H,5-6,8H2,1-4H3/b20-14-/t22-/m1/s1. The lowest BCUT2D eigenvalue weighted by atomic mass is 9.93. The van der Waals surface area contributed by atoms with Crippen molar-refractivity contribution in [3.63, 3.8) is 0 Å². The molecule has 0 fully saturated rings. The van der Waals surface area contributed by atoms with E-state index in [2.05, 4.69) is 0 Å². The van der Waals surface area contributed by atoms with Gasteiger partial charge < -0.3 is 14.2 Å². The van der Waals surface area contributed by atoms with E-state index in [1.807, 2.05) is 30.5 Å². The summed E-state index contributed by atoms with van der Waals surface area (Å²) in [6, 6.07) is 8.50. The summed E-state index contributed by atoms with van der Waals surface area (Å²) in [5, 5.41) is 1.96. The Kier molecular flexibility index (Phi) is 7.33. The number of allylic oxidation sites excluding steroid dienone is 1. The molecular weight excluding hydrogens is 472 g/mol. The van der Waals surface area contributed by atoms with Gasteiger partial charge in [0.25, 0.3) is 5.56 Å². The summed E-state index contributed by atoms with van der Waals surface area (Å²) >= 11 is 2.87. The lowest BCUT2D eigenvalue weighted by Crippen LogP contribution is -2.40. The largest absolute Gasteiger partial charge is 0.497 e. The number of thiophene rings is 1. The molecule has 1 aromatic carbocycles. The van der Waals surface area contributed by atoms with Gasteiger partial charge in [-0.2, -0.15) is 0 Å². The summed E-state index contributed by atoms with van der Waals surface area (Å²) in [6.07, 6.45) is 3.22. The Morgan fingerprint density at radius 3 is 2.68 bits per heavy atom. The smallest absolute Gasteiger partial charge is 0.338 e. The molecule has 0 spiro atoms. The minimum absolute atomic E-state index is 0.215. The number of aromatic nitrogens is 1. The number of carbonyl (C=O) groups excluding carboxylic acids is 1. The predicted octanol–water partition coefficient (Wildman–Crippen LogP) is 3.66. The van der Waals surface area contributed by atoms with Gasteiger partial charge >= 0.3 is 5.97 Å². The summed E-state index contributed by atoms with van der Waals surface area (Å²) in [4.78, 5) is 33.3. The van der Waals surface area contributed by atoms with Crippen LogP contribution in [0.25, 0.3) is 6.08 Å². The van der Waals surface area contributed by atoms with E-state index in [1.54, 1.807) is 55.2 Å². The molecule has 3 aromatic rings. The highest BCUT2D eigenvalue weighted by Gasteiger charge is 2.36. The highest BCUT2D eigenvalue weighted by Crippen LogP contribution is 2.38. The van der Waals surface area contributed by atoms with Crippen LogP contribution in [0.5, 0.6) is 11.5 Å². The zero-order chi connectivity index (χ0) is 24.2. The van der Waals surface area contributed by atoms with Gasteiger partial charge in [0.05, 0.1) is 36.6 Å². The molecule has 3 heterocycles. The molecule has 0 bridgehead atoms. The molecule has 0 aliphatic carbocycles. The van der Waals surface area contributed by atoms with Gasteiger partial charge in [0.2, 0.25) is 0 Å². The number of nitrogens with zero attached hydrogens (tertiary/aromatic N) is 2. The highest BCUT2D eigenvalue weighted by molar-refractivity contribution is 7.11. The number of thiazole rings is 1. The zero-order valence-electron chi connectivity index (χ0n) is 19.5. The van der Waals surface area contributed by atoms with E-state index in [0.717, 1.165) is 11.3 Å². The average molecular weight is 499 g/mol. The maximum Gasteiger partial charge on any atom is 0.338 e. The Bertz CT molecular complexity index is 1400. The van der Waals surface area contributed by atoms with Crippen LogP contribution in [0.3, 0.4) is 0 Å². The van der Waals surface area contributed by atoms with Gasteiger partial charge in [0.1, 0.15) is 17.5 Å². The highest BCUT2D eigenvalue weighted by atomic mass is 32.1. The average Bonchev–Trinajstić information content (AvgIpc) is 3.46. The van der Waals surface area contributed by atoms with Gasteiger partial charge in [-0.25, -0.2) is 9.79 Å². The number of carbonyl (C=O) groups is 1. The van der Waals surface area contributed by atoms with Crippen LogP contribution in [0.1, 0.15) is 43.2 Å². The molecule has 2 aromatic heterocycles. The van der Waals surface area contributed by atoms with Gasteiger partial charge in [-0.05, 0) is 49.1 Å². The van der Waals surface area contributed by atoms with Crippen molar-refractivity contribution in [3.05, 3.63) is 77.1 Å².